The quantitative estimate of drug-likeness (QED) is 0.883. The van der Waals surface area contributed by atoms with Gasteiger partial charge in [0.15, 0.2) is 5.82 Å². The number of amides is 1. The second-order valence-corrected chi connectivity index (χ2v) is 4.95. The van der Waals surface area contributed by atoms with Crippen LogP contribution in [0.15, 0.2) is 24.3 Å². The number of rotatable bonds is 4. The molecule has 110 valence electrons. The van der Waals surface area contributed by atoms with Crippen molar-refractivity contribution >= 4 is 23.6 Å². The minimum absolute atomic E-state index is 0.0224. The highest BCUT2D eigenvalue weighted by molar-refractivity contribution is 6.30. The van der Waals surface area contributed by atoms with Gasteiger partial charge in [-0.3, -0.25) is 9.89 Å². The van der Waals surface area contributed by atoms with E-state index in [9.17, 15) is 9.18 Å². The van der Waals surface area contributed by atoms with Crippen LogP contribution in [0.2, 0.25) is 5.02 Å². The Labute approximate surface area is 126 Å². The lowest BCUT2D eigenvalue weighted by Crippen LogP contribution is -2.24. The van der Waals surface area contributed by atoms with Crippen LogP contribution in [-0.4, -0.2) is 33.0 Å². The summed E-state index contributed by atoms with van der Waals surface area (Å²) in [6.07, 6.45) is 2.97. The number of carbonyl (C=O) groups excluding carboxylic acids is 1. The second-order valence-electron chi connectivity index (χ2n) is 4.54. The van der Waals surface area contributed by atoms with Crippen LogP contribution < -0.4 is 0 Å². The minimum atomic E-state index is -0.489. The Balaban J connectivity index is 1.99. The van der Waals surface area contributed by atoms with Crippen LogP contribution in [0.1, 0.15) is 17.2 Å². The lowest BCUT2D eigenvalue weighted by Gasteiger charge is -2.12. The lowest BCUT2D eigenvalue weighted by atomic mass is 10.2. The van der Waals surface area contributed by atoms with E-state index >= 15 is 0 Å². The van der Waals surface area contributed by atoms with Gasteiger partial charge in [-0.2, -0.15) is 5.10 Å². The van der Waals surface area contributed by atoms with Crippen molar-refractivity contribution in [2.24, 2.45) is 0 Å². The zero-order valence-electron chi connectivity index (χ0n) is 11.6. The van der Waals surface area contributed by atoms with E-state index in [4.69, 9.17) is 11.6 Å². The molecule has 7 heteroatoms. The fourth-order valence-electron chi connectivity index (χ4n) is 1.66. The van der Waals surface area contributed by atoms with Crippen LogP contribution in [0.3, 0.4) is 0 Å². The molecule has 0 atom stereocenters. The number of nitrogens with one attached hydrogen (secondary N) is 1. The maximum absolute atomic E-state index is 13.0. The predicted octanol–water partition coefficient (Wildman–Crippen LogP) is 2.58. The molecule has 2 rings (SSSR count). The Morgan fingerprint density at radius 1 is 1.52 bits per heavy atom. The van der Waals surface area contributed by atoms with Gasteiger partial charge in [0.1, 0.15) is 11.6 Å². The highest BCUT2D eigenvalue weighted by atomic mass is 35.5. The first-order valence-corrected chi connectivity index (χ1v) is 6.59. The molecule has 1 aromatic carbocycles. The molecule has 0 unspecified atom stereocenters. The molecule has 1 heterocycles. The summed E-state index contributed by atoms with van der Waals surface area (Å²) < 4.78 is 13.0. The normalized spacial score (nSPS) is 11.0. The van der Waals surface area contributed by atoms with Crippen molar-refractivity contribution in [2.45, 2.75) is 13.5 Å². The van der Waals surface area contributed by atoms with Gasteiger partial charge in [0.05, 0.1) is 11.6 Å². The third-order valence-corrected chi connectivity index (χ3v) is 3.05. The monoisotopic (exact) mass is 308 g/mol. The van der Waals surface area contributed by atoms with E-state index < -0.39 is 5.82 Å². The van der Waals surface area contributed by atoms with Gasteiger partial charge < -0.3 is 4.90 Å². The van der Waals surface area contributed by atoms with Gasteiger partial charge in [-0.05, 0) is 30.7 Å². The highest BCUT2D eigenvalue weighted by Gasteiger charge is 2.09. The van der Waals surface area contributed by atoms with E-state index in [1.165, 1.54) is 23.1 Å². The molecule has 1 amide bonds. The molecule has 2 aromatic rings. The second kappa shape index (κ2) is 6.49. The largest absolute Gasteiger partial charge is 0.335 e. The number of halogens is 2. The summed E-state index contributed by atoms with van der Waals surface area (Å²) in [6, 6.07) is 4.26. The van der Waals surface area contributed by atoms with Crippen molar-refractivity contribution in [2.75, 3.05) is 7.05 Å². The molecule has 1 aromatic heterocycles. The van der Waals surface area contributed by atoms with Crippen LogP contribution in [0.5, 0.6) is 0 Å². The van der Waals surface area contributed by atoms with E-state index in [2.05, 4.69) is 15.2 Å². The summed E-state index contributed by atoms with van der Waals surface area (Å²) in [7, 11) is 1.65. The van der Waals surface area contributed by atoms with E-state index in [1.54, 1.807) is 26.1 Å². The van der Waals surface area contributed by atoms with Gasteiger partial charge >= 0.3 is 0 Å². The van der Waals surface area contributed by atoms with Crippen LogP contribution >= 0.6 is 11.6 Å². The minimum Gasteiger partial charge on any atom is -0.335 e. The number of carbonyl (C=O) groups is 1. The molecule has 0 aliphatic heterocycles. The average Bonchev–Trinajstić information content (AvgIpc) is 2.85. The van der Waals surface area contributed by atoms with E-state index in [-0.39, 0.29) is 10.9 Å². The summed E-state index contributed by atoms with van der Waals surface area (Å²) >= 11 is 5.68. The topological polar surface area (TPSA) is 61.9 Å². The third kappa shape index (κ3) is 4.13. The van der Waals surface area contributed by atoms with Crippen molar-refractivity contribution in [3.63, 3.8) is 0 Å². The van der Waals surface area contributed by atoms with Crippen molar-refractivity contribution < 1.29 is 9.18 Å². The molecule has 21 heavy (non-hydrogen) atoms. The molecular weight excluding hydrogens is 295 g/mol. The van der Waals surface area contributed by atoms with E-state index in [0.29, 0.717) is 23.8 Å². The zero-order chi connectivity index (χ0) is 15.4. The maximum Gasteiger partial charge on any atom is 0.246 e. The first kappa shape index (κ1) is 15.2. The van der Waals surface area contributed by atoms with Crippen LogP contribution in [0.4, 0.5) is 4.39 Å². The molecular formula is C14H14ClFN4O. The number of aryl methyl sites for hydroxylation is 1. The van der Waals surface area contributed by atoms with Crippen molar-refractivity contribution in [3.8, 4) is 0 Å². The number of aromatic nitrogens is 3. The Bertz CT molecular complexity index is 683. The summed E-state index contributed by atoms with van der Waals surface area (Å²) in [5.74, 6) is 0.541. The van der Waals surface area contributed by atoms with Gasteiger partial charge in [-0.1, -0.05) is 17.7 Å². The molecule has 0 aliphatic rings. The molecule has 1 N–H and O–H groups in total. The van der Waals surface area contributed by atoms with Crippen molar-refractivity contribution in [1.29, 1.82) is 0 Å². The summed E-state index contributed by atoms with van der Waals surface area (Å²) in [6.45, 7) is 2.09. The Kier molecular flexibility index (Phi) is 4.70. The number of H-pyrrole nitrogens is 1. The Morgan fingerprint density at radius 3 is 2.90 bits per heavy atom. The van der Waals surface area contributed by atoms with Gasteiger partial charge in [-0.15, -0.1) is 0 Å². The van der Waals surface area contributed by atoms with Gasteiger partial charge in [0, 0.05) is 13.1 Å². The average molecular weight is 309 g/mol. The smallest absolute Gasteiger partial charge is 0.246 e. The Morgan fingerprint density at radius 2 is 2.29 bits per heavy atom. The fourth-order valence-corrected chi connectivity index (χ4v) is 1.85. The van der Waals surface area contributed by atoms with Crippen LogP contribution in [0.25, 0.3) is 6.08 Å². The van der Waals surface area contributed by atoms with Crippen LogP contribution in [-0.2, 0) is 11.3 Å². The molecule has 0 spiro atoms. The number of benzene rings is 1. The van der Waals surface area contributed by atoms with E-state index in [0.717, 1.165) is 0 Å². The van der Waals surface area contributed by atoms with Crippen molar-refractivity contribution in [1.82, 2.24) is 20.1 Å². The molecule has 0 saturated carbocycles. The van der Waals surface area contributed by atoms with Crippen molar-refractivity contribution in [3.05, 3.63) is 52.3 Å². The molecule has 5 nitrogen and oxygen atoms in total. The van der Waals surface area contributed by atoms with Gasteiger partial charge in [0.25, 0.3) is 0 Å². The maximum atomic E-state index is 13.0. The Hall–Kier alpha value is -2.21. The number of hydrogen-bond donors (Lipinski definition) is 1. The number of likely N-dealkylation sites (N-methyl/N-ethyl adjacent to an activating group) is 1. The summed E-state index contributed by atoms with van der Waals surface area (Å²) in [5, 5.41) is 6.70. The molecule has 0 saturated heterocycles. The SMILES string of the molecule is Cc1nc(CN(C)C(=O)C=Cc2ccc(F)c(Cl)c2)n[nH]1. The molecule has 0 bridgehead atoms. The first-order chi connectivity index (χ1) is 9.95. The molecule has 0 radical (unpaired) electrons. The fraction of sp³-hybridized carbons (Fsp3) is 0.214. The highest BCUT2D eigenvalue weighted by Crippen LogP contribution is 2.16. The number of aromatic amines is 1. The first-order valence-electron chi connectivity index (χ1n) is 6.22. The van der Waals surface area contributed by atoms with Crippen LogP contribution in [0, 0.1) is 12.7 Å². The van der Waals surface area contributed by atoms with Gasteiger partial charge in [0.2, 0.25) is 5.91 Å². The number of nitrogens with zero attached hydrogens (tertiary/aromatic N) is 3. The summed E-state index contributed by atoms with van der Waals surface area (Å²) in [4.78, 5) is 17.6. The summed E-state index contributed by atoms with van der Waals surface area (Å²) in [5.41, 5.74) is 0.650. The van der Waals surface area contributed by atoms with E-state index in [1.807, 2.05) is 0 Å². The standard InChI is InChI=1S/C14H14ClFN4O/c1-9-17-13(19-18-9)8-20(2)14(21)6-4-10-3-5-12(16)11(15)7-10/h3-7H,8H2,1-2H3,(H,17,18,19). The zero-order valence-corrected chi connectivity index (χ0v) is 12.4. The molecule has 0 fully saturated rings. The lowest BCUT2D eigenvalue weighted by molar-refractivity contribution is -0.125. The molecule has 0 aliphatic carbocycles. The number of hydrogen-bond acceptors (Lipinski definition) is 3. The predicted molar refractivity (Wildman–Crippen MR) is 78.0 cm³/mol. The van der Waals surface area contributed by atoms with Gasteiger partial charge in [-0.25, -0.2) is 9.37 Å². The third-order valence-electron chi connectivity index (χ3n) is 2.76.